The number of amides is 2. The molecule has 12 heteroatoms. The van der Waals surface area contributed by atoms with Crippen molar-refractivity contribution in [2.75, 3.05) is 37.7 Å². The van der Waals surface area contributed by atoms with Gasteiger partial charge in [-0.3, -0.25) is 9.59 Å². The van der Waals surface area contributed by atoms with Gasteiger partial charge in [-0.05, 0) is 49.2 Å². The second-order valence-corrected chi connectivity index (χ2v) is 8.80. The van der Waals surface area contributed by atoms with E-state index in [0.29, 0.717) is 23.8 Å². The van der Waals surface area contributed by atoms with Crippen LogP contribution in [0.15, 0.2) is 54.6 Å². The van der Waals surface area contributed by atoms with Gasteiger partial charge in [0.25, 0.3) is 5.91 Å². The number of nitrogens with one attached hydrogen (secondary N) is 2. The molecule has 0 radical (unpaired) electrons. The van der Waals surface area contributed by atoms with Crippen molar-refractivity contribution in [2.24, 2.45) is 0 Å². The van der Waals surface area contributed by atoms with E-state index >= 15 is 0 Å². The number of alkyl halides is 3. The molecule has 2 heterocycles. The zero-order valence-corrected chi connectivity index (χ0v) is 20.0. The van der Waals surface area contributed by atoms with Crippen LogP contribution in [0.3, 0.4) is 0 Å². The number of aliphatic carboxylic acids is 1. The Balaban J connectivity index is 0.000000454. The maximum absolute atomic E-state index is 12.7. The predicted octanol–water partition coefficient (Wildman–Crippen LogP) is 3.13. The van der Waals surface area contributed by atoms with Crippen molar-refractivity contribution in [1.29, 1.82) is 0 Å². The highest BCUT2D eigenvalue weighted by atomic mass is 35.5. The molecule has 2 aromatic rings. The number of carbonyl (C=O) groups excluding carboxylic acids is 2. The highest BCUT2D eigenvalue weighted by molar-refractivity contribution is 6.30. The van der Waals surface area contributed by atoms with Crippen molar-refractivity contribution < 1.29 is 32.7 Å². The number of para-hydroxylation sites is 1. The molecular formula is C24H26ClF3N4O4. The number of piperidine rings is 1. The number of likely N-dealkylation sites (tertiary alicyclic amines) is 1. The van der Waals surface area contributed by atoms with Crippen molar-refractivity contribution in [2.45, 2.75) is 24.6 Å². The Morgan fingerprint density at radius 3 is 2.19 bits per heavy atom. The number of carbonyl (C=O) groups is 3. The second-order valence-electron chi connectivity index (χ2n) is 8.37. The lowest BCUT2D eigenvalue weighted by Crippen LogP contribution is -2.57. The normalized spacial score (nSPS) is 17.2. The molecule has 0 unspecified atom stereocenters. The molecule has 0 atom stereocenters. The van der Waals surface area contributed by atoms with Gasteiger partial charge < -0.3 is 25.5 Å². The van der Waals surface area contributed by atoms with Crippen LogP contribution in [0.2, 0.25) is 5.02 Å². The molecular weight excluding hydrogens is 501 g/mol. The van der Waals surface area contributed by atoms with Crippen LogP contribution in [0.25, 0.3) is 0 Å². The molecule has 2 amide bonds. The van der Waals surface area contributed by atoms with Gasteiger partial charge in [-0.25, -0.2) is 4.79 Å². The number of hydrogen-bond acceptors (Lipinski definition) is 5. The molecule has 2 saturated heterocycles. The van der Waals surface area contributed by atoms with Crippen molar-refractivity contribution in [3.8, 4) is 0 Å². The van der Waals surface area contributed by atoms with Crippen LogP contribution in [-0.2, 0) is 9.59 Å². The summed E-state index contributed by atoms with van der Waals surface area (Å²) in [5, 5.41) is 13.7. The van der Waals surface area contributed by atoms with Crippen LogP contribution in [0.5, 0.6) is 0 Å². The summed E-state index contributed by atoms with van der Waals surface area (Å²) in [5.74, 6) is -2.73. The fraction of sp³-hybridized carbons (Fsp3) is 0.375. The number of rotatable bonds is 5. The Labute approximate surface area is 211 Å². The Morgan fingerprint density at radius 2 is 1.64 bits per heavy atom. The Morgan fingerprint density at radius 1 is 1.06 bits per heavy atom. The molecule has 1 spiro atoms. The number of carboxylic acid groups (broad SMARTS) is 1. The summed E-state index contributed by atoms with van der Waals surface area (Å²) in [4.78, 5) is 38.3. The Hall–Kier alpha value is -3.31. The topological polar surface area (TPSA) is 102 Å². The molecule has 2 aliphatic heterocycles. The van der Waals surface area contributed by atoms with E-state index in [2.05, 4.69) is 32.6 Å². The summed E-state index contributed by atoms with van der Waals surface area (Å²) >= 11 is 5.86. The highest BCUT2D eigenvalue weighted by Gasteiger charge is 2.50. The SMILES string of the molecule is O=C(NCCN1CCC2(CC1)C(=O)NCN2c1ccccc1)c1ccc(Cl)cc1.O=C(O)C(F)(F)F. The van der Waals surface area contributed by atoms with E-state index in [1.165, 1.54) is 0 Å². The Bertz CT molecular complexity index is 1060. The molecule has 0 aliphatic carbocycles. The van der Waals surface area contributed by atoms with E-state index in [-0.39, 0.29) is 11.8 Å². The van der Waals surface area contributed by atoms with Crippen LogP contribution in [0, 0.1) is 0 Å². The van der Waals surface area contributed by atoms with Gasteiger partial charge in [0.2, 0.25) is 5.91 Å². The third-order valence-corrected chi connectivity index (χ3v) is 6.40. The number of nitrogens with zero attached hydrogens (tertiary/aromatic N) is 2. The zero-order chi connectivity index (χ0) is 26.3. The van der Waals surface area contributed by atoms with Crippen LogP contribution in [0.4, 0.5) is 18.9 Å². The maximum Gasteiger partial charge on any atom is 0.490 e. The summed E-state index contributed by atoms with van der Waals surface area (Å²) in [5.41, 5.74) is 1.22. The van der Waals surface area contributed by atoms with Gasteiger partial charge in [0.05, 0.1) is 6.67 Å². The quantitative estimate of drug-likeness (QED) is 0.553. The van der Waals surface area contributed by atoms with Gasteiger partial charge in [-0.15, -0.1) is 0 Å². The van der Waals surface area contributed by atoms with E-state index in [4.69, 9.17) is 21.5 Å². The van der Waals surface area contributed by atoms with Crippen LogP contribution in [0.1, 0.15) is 23.2 Å². The molecule has 194 valence electrons. The Kier molecular flexibility index (Phi) is 8.80. The van der Waals surface area contributed by atoms with Crippen molar-refractivity contribution in [3.63, 3.8) is 0 Å². The largest absolute Gasteiger partial charge is 0.490 e. The summed E-state index contributed by atoms with van der Waals surface area (Å²) in [7, 11) is 0. The van der Waals surface area contributed by atoms with Crippen molar-refractivity contribution in [1.82, 2.24) is 15.5 Å². The highest BCUT2D eigenvalue weighted by Crippen LogP contribution is 2.36. The number of halogens is 4. The van der Waals surface area contributed by atoms with Crippen molar-refractivity contribution in [3.05, 3.63) is 65.2 Å². The minimum absolute atomic E-state index is 0.0967. The van der Waals surface area contributed by atoms with E-state index < -0.39 is 17.7 Å². The molecule has 0 saturated carbocycles. The lowest BCUT2D eigenvalue weighted by Gasteiger charge is -2.43. The third-order valence-electron chi connectivity index (χ3n) is 6.15. The molecule has 0 bridgehead atoms. The summed E-state index contributed by atoms with van der Waals surface area (Å²) in [6.07, 6.45) is -3.53. The minimum atomic E-state index is -5.08. The third kappa shape index (κ3) is 6.67. The van der Waals surface area contributed by atoms with Gasteiger partial charge in [0, 0.05) is 42.5 Å². The first-order valence-electron chi connectivity index (χ1n) is 11.2. The smallest absolute Gasteiger partial charge is 0.475 e. The van der Waals surface area contributed by atoms with Gasteiger partial charge in [0.15, 0.2) is 0 Å². The van der Waals surface area contributed by atoms with E-state index in [1.54, 1.807) is 24.3 Å². The average molecular weight is 527 g/mol. The summed E-state index contributed by atoms with van der Waals surface area (Å²) in [6.45, 7) is 3.55. The molecule has 2 aliphatic rings. The first-order valence-corrected chi connectivity index (χ1v) is 11.6. The maximum atomic E-state index is 12.7. The zero-order valence-electron chi connectivity index (χ0n) is 19.2. The van der Waals surface area contributed by atoms with Crippen LogP contribution in [-0.4, -0.2) is 72.4 Å². The van der Waals surface area contributed by atoms with Gasteiger partial charge in [-0.1, -0.05) is 29.8 Å². The second kappa shape index (κ2) is 11.6. The predicted molar refractivity (Wildman–Crippen MR) is 128 cm³/mol. The van der Waals surface area contributed by atoms with Gasteiger partial charge in [-0.2, -0.15) is 13.2 Å². The molecule has 4 rings (SSSR count). The first kappa shape index (κ1) is 27.3. The lowest BCUT2D eigenvalue weighted by molar-refractivity contribution is -0.192. The molecule has 3 N–H and O–H groups in total. The first-order chi connectivity index (χ1) is 17.0. The fourth-order valence-corrected chi connectivity index (χ4v) is 4.34. The van der Waals surface area contributed by atoms with E-state index in [0.717, 1.165) is 38.2 Å². The van der Waals surface area contributed by atoms with E-state index in [1.807, 2.05) is 18.2 Å². The van der Waals surface area contributed by atoms with Gasteiger partial charge in [0.1, 0.15) is 5.54 Å². The number of anilines is 1. The molecule has 2 aromatic carbocycles. The molecule has 36 heavy (non-hydrogen) atoms. The standard InChI is InChI=1S/C22H25ClN4O2.C2HF3O2/c23-18-8-6-17(7-9-18)20(28)24-12-15-26-13-10-22(11-14-26)21(29)25-16-27(22)19-4-2-1-3-5-19;3-2(4,5)1(6)7/h1-9H,10-16H2,(H,24,28)(H,25,29);(H,6,7). The molecule has 2 fully saturated rings. The monoisotopic (exact) mass is 526 g/mol. The van der Waals surface area contributed by atoms with Crippen LogP contribution < -0.4 is 15.5 Å². The van der Waals surface area contributed by atoms with Crippen molar-refractivity contribution >= 4 is 35.1 Å². The van der Waals surface area contributed by atoms with Gasteiger partial charge >= 0.3 is 12.1 Å². The lowest BCUT2D eigenvalue weighted by atomic mass is 9.85. The summed E-state index contributed by atoms with van der Waals surface area (Å²) < 4.78 is 31.7. The summed E-state index contributed by atoms with van der Waals surface area (Å²) in [6, 6.07) is 17.0. The molecule has 0 aromatic heterocycles. The number of benzene rings is 2. The molecule has 8 nitrogen and oxygen atoms in total. The average Bonchev–Trinajstić information content (AvgIpc) is 3.16. The number of carboxylic acids is 1. The fourth-order valence-electron chi connectivity index (χ4n) is 4.21. The van der Waals surface area contributed by atoms with E-state index in [9.17, 15) is 22.8 Å². The minimum Gasteiger partial charge on any atom is -0.475 e. The van der Waals surface area contributed by atoms with Crippen LogP contribution >= 0.6 is 11.6 Å². The number of hydrogen-bond donors (Lipinski definition) is 3.